The molecule has 0 spiro atoms. The summed E-state index contributed by atoms with van der Waals surface area (Å²) in [5.41, 5.74) is 0. The molecular weight excluding hydrogens is 330 g/mol. The van der Waals surface area contributed by atoms with E-state index in [9.17, 15) is 8.42 Å². The van der Waals surface area contributed by atoms with Gasteiger partial charge in [-0.3, -0.25) is 4.57 Å². The number of hydrogen-bond acceptors (Lipinski definition) is 5. The Bertz CT molecular complexity index is 866. The number of rotatable bonds is 4. The first kappa shape index (κ1) is 14.5. The summed E-state index contributed by atoms with van der Waals surface area (Å²) in [6.07, 6.45) is 0.759. The van der Waals surface area contributed by atoms with Crippen molar-refractivity contribution in [2.24, 2.45) is 0 Å². The molecule has 0 atom stereocenters. The average Bonchev–Trinajstić information content (AvgIpc) is 3.01. The van der Waals surface area contributed by atoms with Crippen molar-refractivity contribution in [3.05, 3.63) is 30.3 Å². The van der Waals surface area contributed by atoms with E-state index in [2.05, 4.69) is 10.2 Å². The summed E-state index contributed by atoms with van der Waals surface area (Å²) in [4.78, 5) is 0.878. The van der Waals surface area contributed by atoms with Gasteiger partial charge in [0.25, 0.3) is 14.2 Å². The molecule has 0 unspecified atom stereocenters. The van der Waals surface area contributed by atoms with Crippen molar-refractivity contribution >= 4 is 41.2 Å². The van der Waals surface area contributed by atoms with E-state index in [1.807, 2.05) is 37.3 Å². The second kappa shape index (κ2) is 5.40. The number of aromatic nitrogens is 3. The van der Waals surface area contributed by atoms with Gasteiger partial charge in [0.05, 0.1) is 4.88 Å². The van der Waals surface area contributed by atoms with Crippen molar-refractivity contribution in [2.75, 3.05) is 0 Å². The Morgan fingerprint density at radius 3 is 2.71 bits per heavy atom. The minimum Gasteiger partial charge on any atom is -0.296 e. The lowest BCUT2D eigenvalue weighted by Crippen LogP contribution is -2.07. The molecule has 0 saturated carbocycles. The number of halogens is 1. The summed E-state index contributed by atoms with van der Waals surface area (Å²) in [6.45, 7) is 2.46. The fourth-order valence-electron chi connectivity index (χ4n) is 2.17. The Labute approximate surface area is 130 Å². The zero-order chi connectivity index (χ0) is 15.0. The minimum absolute atomic E-state index is 0.196. The van der Waals surface area contributed by atoms with Gasteiger partial charge in [-0.2, -0.15) is 0 Å². The van der Waals surface area contributed by atoms with Gasteiger partial charge < -0.3 is 0 Å². The molecule has 0 aliphatic rings. The van der Waals surface area contributed by atoms with E-state index >= 15 is 0 Å². The van der Waals surface area contributed by atoms with Gasteiger partial charge in [-0.1, -0.05) is 25.1 Å². The molecule has 0 amide bonds. The first-order valence-corrected chi connectivity index (χ1v) is 9.50. The molecule has 0 bridgehead atoms. The van der Waals surface area contributed by atoms with Gasteiger partial charge in [0, 0.05) is 21.9 Å². The third-order valence-electron chi connectivity index (χ3n) is 3.03. The van der Waals surface area contributed by atoms with Gasteiger partial charge in [-0.05, 0) is 23.9 Å². The van der Waals surface area contributed by atoms with Crippen molar-refractivity contribution in [3.63, 3.8) is 0 Å². The van der Waals surface area contributed by atoms with Crippen molar-refractivity contribution < 1.29 is 8.42 Å². The van der Waals surface area contributed by atoms with E-state index in [-0.39, 0.29) is 5.16 Å². The number of thiophene rings is 1. The zero-order valence-electron chi connectivity index (χ0n) is 11.2. The van der Waals surface area contributed by atoms with E-state index in [0.29, 0.717) is 12.4 Å². The molecule has 2 aromatic heterocycles. The highest BCUT2D eigenvalue weighted by atomic mass is 35.7. The van der Waals surface area contributed by atoms with E-state index in [4.69, 9.17) is 10.7 Å². The maximum atomic E-state index is 11.6. The predicted molar refractivity (Wildman–Crippen MR) is 84.2 cm³/mol. The number of benzene rings is 1. The highest BCUT2D eigenvalue weighted by molar-refractivity contribution is 8.13. The normalized spacial score (nSPS) is 12.1. The third-order valence-corrected chi connectivity index (χ3v) is 5.29. The summed E-state index contributed by atoms with van der Waals surface area (Å²) >= 11 is 1.55. The zero-order valence-corrected chi connectivity index (χ0v) is 13.5. The Morgan fingerprint density at radius 1 is 1.29 bits per heavy atom. The maximum Gasteiger partial charge on any atom is 0.296 e. The van der Waals surface area contributed by atoms with Gasteiger partial charge in [0.2, 0.25) is 0 Å². The van der Waals surface area contributed by atoms with Gasteiger partial charge in [0.15, 0.2) is 5.82 Å². The second-order valence-electron chi connectivity index (χ2n) is 4.54. The highest BCUT2D eigenvalue weighted by Gasteiger charge is 2.23. The van der Waals surface area contributed by atoms with Gasteiger partial charge >= 0.3 is 0 Å². The van der Waals surface area contributed by atoms with Gasteiger partial charge in [-0.25, -0.2) is 8.42 Å². The SMILES string of the molecule is CCCn1c(-c2cc3ccccc3s2)nnc1S(=O)(=O)Cl. The Balaban J connectivity index is 2.20. The second-order valence-corrected chi connectivity index (χ2v) is 8.09. The molecule has 0 saturated heterocycles. The fourth-order valence-corrected chi connectivity index (χ4v) is 4.15. The lowest BCUT2D eigenvalue weighted by Gasteiger charge is -2.05. The summed E-state index contributed by atoms with van der Waals surface area (Å²) in [5, 5.41) is 8.68. The largest absolute Gasteiger partial charge is 0.296 e. The maximum absolute atomic E-state index is 11.6. The molecule has 8 heteroatoms. The summed E-state index contributed by atoms with van der Waals surface area (Å²) < 4.78 is 25.9. The lowest BCUT2D eigenvalue weighted by atomic mass is 10.2. The van der Waals surface area contributed by atoms with Crippen LogP contribution in [0, 0.1) is 0 Å². The Kier molecular flexibility index (Phi) is 3.73. The Morgan fingerprint density at radius 2 is 2.05 bits per heavy atom. The quantitative estimate of drug-likeness (QED) is 0.681. The number of fused-ring (bicyclic) bond motifs is 1. The molecule has 3 rings (SSSR count). The predicted octanol–water partition coefficient (Wildman–Crippen LogP) is 3.50. The van der Waals surface area contributed by atoms with Crippen LogP contribution in [0.3, 0.4) is 0 Å². The molecule has 2 heterocycles. The number of hydrogen-bond donors (Lipinski definition) is 0. The first-order valence-electron chi connectivity index (χ1n) is 6.37. The molecule has 1 aromatic carbocycles. The minimum atomic E-state index is -3.91. The Hall–Kier alpha value is -1.44. The topological polar surface area (TPSA) is 64.8 Å². The molecule has 21 heavy (non-hydrogen) atoms. The molecule has 5 nitrogen and oxygen atoms in total. The number of nitrogens with zero attached hydrogens (tertiary/aromatic N) is 3. The molecule has 3 aromatic rings. The van der Waals surface area contributed by atoms with Crippen LogP contribution in [-0.2, 0) is 15.6 Å². The fraction of sp³-hybridized carbons (Fsp3) is 0.231. The molecule has 0 aliphatic carbocycles. The van der Waals surface area contributed by atoms with Crippen molar-refractivity contribution in [1.29, 1.82) is 0 Å². The lowest BCUT2D eigenvalue weighted by molar-refractivity contribution is 0.570. The molecular formula is C13H12ClN3O2S2. The first-order chi connectivity index (χ1) is 10.0. The van der Waals surface area contributed by atoms with E-state index < -0.39 is 9.05 Å². The van der Waals surface area contributed by atoms with Crippen LogP contribution in [0.15, 0.2) is 35.5 Å². The summed E-state index contributed by atoms with van der Waals surface area (Å²) in [5.74, 6) is 0.539. The summed E-state index contributed by atoms with van der Waals surface area (Å²) in [6, 6.07) is 9.94. The molecule has 0 fully saturated rings. The average molecular weight is 342 g/mol. The van der Waals surface area contributed by atoms with Crippen LogP contribution in [-0.4, -0.2) is 23.2 Å². The van der Waals surface area contributed by atoms with Gasteiger partial charge in [-0.15, -0.1) is 21.5 Å². The third kappa shape index (κ3) is 2.68. The van der Waals surface area contributed by atoms with Crippen molar-refractivity contribution in [2.45, 2.75) is 25.0 Å². The van der Waals surface area contributed by atoms with E-state index in [1.165, 1.54) is 0 Å². The van der Waals surface area contributed by atoms with Crippen molar-refractivity contribution in [1.82, 2.24) is 14.8 Å². The van der Waals surface area contributed by atoms with E-state index in [1.54, 1.807) is 15.9 Å². The monoisotopic (exact) mass is 341 g/mol. The molecule has 0 aliphatic heterocycles. The van der Waals surface area contributed by atoms with Crippen LogP contribution in [0.2, 0.25) is 0 Å². The van der Waals surface area contributed by atoms with Crippen LogP contribution < -0.4 is 0 Å². The highest BCUT2D eigenvalue weighted by Crippen LogP contribution is 2.33. The molecule has 110 valence electrons. The molecule has 0 N–H and O–H groups in total. The summed E-state index contributed by atoms with van der Waals surface area (Å²) in [7, 11) is 1.52. The van der Waals surface area contributed by atoms with Crippen LogP contribution >= 0.6 is 22.0 Å². The van der Waals surface area contributed by atoms with Crippen molar-refractivity contribution in [3.8, 4) is 10.7 Å². The van der Waals surface area contributed by atoms with Gasteiger partial charge in [0.1, 0.15) is 0 Å². The van der Waals surface area contributed by atoms with Crippen LogP contribution in [0.4, 0.5) is 0 Å². The standard InChI is InChI=1S/C13H12ClN3O2S2/c1-2-7-17-12(15-16-13(17)21(14,18)19)11-8-9-5-3-4-6-10(9)20-11/h3-6,8H,2,7H2,1H3. The van der Waals surface area contributed by atoms with E-state index in [0.717, 1.165) is 21.4 Å². The van der Waals surface area contributed by atoms with Crippen LogP contribution in [0.1, 0.15) is 13.3 Å². The van der Waals surface area contributed by atoms with Crippen LogP contribution in [0.5, 0.6) is 0 Å². The molecule has 0 radical (unpaired) electrons. The van der Waals surface area contributed by atoms with Crippen LogP contribution in [0.25, 0.3) is 20.8 Å². The smallest absolute Gasteiger partial charge is 0.296 e.